The quantitative estimate of drug-likeness (QED) is 0.630. The Morgan fingerprint density at radius 2 is 2.21 bits per heavy atom. The van der Waals surface area contributed by atoms with Crippen LogP contribution in [-0.2, 0) is 0 Å². The van der Waals surface area contributed by atoms with Gasteiger partial charge in [-0.3, -0.25) is 4.79 Å². The average Bonchev–Trinajstić information content (AvgIpc) is 2.65. The first kappa shape index (κ1) is 9.39. The molecule has 2 rings (SSSR count). The van der Waals surface area contributed by atoms with Crippen LogP contribution < -0.4 is 0 Å². The maximum absolute atomic E-state index is 10.7. The fraction of sp³-hybridized carbons (Fsp3) is 0. The third kappa shape index (κ3) is 1.70. The molecule has 0 radical (unpaired) electrons. The van der Waals surface area contributed by atoms with Crippen LogP contribution in [0.4, 0.5) is 0 Å². The van der Waals surface area contributed by atoms with Gasteiger partial charge in [0.25, 0.3) is 0 Å². The van der Waals surface area contributed by atoms with Gasteiger partial charge in [-0.2, -0.15) is 5.10 Å². The number of nitrogens with zero attached hydrogens (tertiary/aromatic N) is 2. The van der Waals surface area contributed by atoms with E-state index in [1.807, 2.05) is 24.3 Å². The maximum atomic E-state index is 10.7. The predicted octanol–water partition coefficient (Wildman–Crippen LogP) is 2.29. The molecule has 0 N–H and O–H groups in total. The van der Waals surface area contributed by atoms with Crippen molar-refractivity contribution in [3.63, 3.8) is 0 Å². The average molecular weight is 298 g/mol. The lowest BCUT2D eigenvalue weighted by Gasteiger charge is -2.03. The molecular weight excluding hydrogens is 291 g/mol. The van der Waals surface area contributed by atoms with Crippen molar-refractivity contribution in [3.8, 4) is 5.69 Å². The number of hydrogen-bond acceptors (Lipinski definition) is 2. The van der Waals surface area contributed by atoms with E-state index in [0.29, 0.717) is 5.69 Å². The number of aromatic nitrogens is 2. The van der Waals surface area contributed by atoms with Crippen LogP contribution in [-0.4, -0.2) is 16.1 Å². The van der Waals surface area contributed by atoms with Gasteiger partial charge in [0.05, 0.1) is 11.9 Å². The Morgan fingerprint density at radius 3 is 2.93 bits per heavy atom. The van der Waals surface area contributed by atoms with E-state index in [-0.39, 0.29) is 0 Å². The molecule has 1 heterocycles. The van der Waals surface area contributed by atoms with Gasteiger partial charge in [-0.25, -0.2) is 4.68 Å². The maximum Gasteiger partial charge on any atom is 0.168 e. The van der Waals surface area contributed by atoms with E-state index in [9.17, 15) is 4.79 Å². The highest BCUT2D eigenvalue weighted by Gasteiger charge is 2.02. The Bertz CT molecular complexity index is 465. The summed E-state index contributed by atoms with van der Waals surface area (Å²) in [7, 11) is 0. The van der Waals surface area contributed by atoms with E-state index < -0.39 is 0 Å². The minimum Gasteiger partial charge on any atom is -0.296 e. The smallest absolute Gasteiger partial charge is 0.168 e. The number of aldehydes is 1. The molecule has 0 spiro atoms. The van der Waals surface area contributed by atoms with Gasteiger partial charge in [0.2, 0.25) is 0 Å². The van der Waals surface area contributed by atoms with Crippen molar-refractivity contribution in [2.24, 2.45) is 0 Å². The summed E-state index contributed by atoms with van der Waals surface area (Å²) in [6, 6.07) is 9.51. The fourth-order valence-corrected chi connectivity index (χ4v) is 1.75. The molecule has 0 aliphatic heterocycles. The second kappa shape index (κ2) is 3.91. The standard InChI is InChI=1S/C10H7IN2O/c11-8-2-1-3-9(6-8)13-10(7-14)4-5-12-13/h1-7H. The van der Waals surface area contributed by atoms with Crippen molar-refractivity contribution in [2.75, 3.05) is 0 Å². The van der Waals surface area contributed by atoms with Crippen molar-refractivity contribution < 1.29 is 4.79 Å². The van der Waals surface area contributed by atoms with Gasteiger partial charge in [-0.05, 0) is 46.9 Å². The first-order chi connectivity index (χ1) is 6.81. The molecule has 2 aromatic rings. The largest absolute Gasteiger partial charge is 0.296 e. The minimum absolute atomic E-state index is 0.562. The van der Waals surface area contributed by atoms with Crippen LogP contribution in [0.5, 0.6) is 0 Å². The number of carbonyl (C=O) groups excluding carboxylic acids is 1. The molecule has 0 aliphatic rings. The number of carbonyl (C=O) groups is 1. The van der Waals surface area contributed by atoms with E-state index in [2.05, 4.69) is 27.7 Å². The molecule has 14 heavy (non-hydrogen) atoms. The lowest BCUT2D eigenvalue weighted by Crippen LogP contribution is -2.00. The highest BCUT2D eigenvalue weighted by Crippen LogP contribution is 2.12. The molecule has 70 valence electrons. The zero-order valence-corrected chi connectivity index (χ0v) is 9.38. The molecule has 1 aromatic heterocycles. The number of rotatable bonds is 2. The van der Waals surface area contributed by atoms with Gasteiger partial charge in [0.1, 0.15) is 5.69 Å². The molecule has 4 heteroatoms. The van der Waals surface area contributed by atoms with Gasteiger partial charge < -0.3 is 0 Å². The topological polar surface area (TPSA) is 34.9 Å². The number of halogens is 1. The van der Waals surface area contributed by atoms with Crippen LogP contribution in [0.1, 0.15) is 10.5 Å². The predicted molar refractivity (Wildman–Crippen MR) is 61.7 cm³/mol. The van der Waals surface area contributed by atoms with Gasteiger partial charge in [0.15, 0.2) is 6.29 Å². The third-order valence-electron chi connectivity index (χ3n) is 1.85. The van der Waals surface area contributed by atoms with Crippen LogP contribution in [0.15, 0.2) is 36.5 Å². The summed E-state index contributed by atoms with van der Waals surface area (Å²) >= 11 is 2.22. The van der Waals surface area contributed by atoms with E-state index in [1.165, 1.54) is 0 Å². The molecule has 0 fully saturated rings. The first-order valence-electron chi connectivity index (χ1n) is 4.06. The summed E-state index contributed by atoms with van der Waals surface area (Å²) in [6.07, 6.45) is 2.41. The zero-order chi connectivity index (χ0) is 9.97. The summed E-state index contributed by atoms with van der Waals surface area (Å²) in [5.74, 6) is 0. The lowest BCUT2D eigenvalue weighted by atomic mass is 10.3. The van der Waals surface area contributed by atoms with Crippen LogP contribution in [0.2, 0.25) is 0 Å². The minimum atomic E-state index is 0.562. The summed E-state index contributed by atoms with van der Waals surface area (Å²) in [5, 5.41) is 4.08. The molecule has 3 nitrogen and oxygen atoms in total. The monoisotopic (exact) mass is 298 g/mol. The Labute approximate surface area is 94.9 Å². The van der Waals surface area contributed by atoms with Crippen LogP contribution in [0.25, 0.3) is 5.69 Å². The Hall–Kier alpha value is -1.17. The molecule has 0 unspecified atom stereocenters. The second-order valence-corrected chi connectivity index (χ2v) is 4.01. The van der Waals surface area contributed by atoms with E-state index in [0.717, 1.165) is 15.5 Å². The molecule has 0 aliphatic carbocycles. The number of benzene rings is 1. The Balaban J connectivity index is 2.54. The van der Waals surface area contributed by atoms with Crippen molar-refractivity contribution in [3.05, 3.63) is 45.8 Å². The van der Waals surface area contributed by atoms with E-state index in [4.69, 9.17) is 0 Å². The molecule has 0 saturated heterocycles. The molecule has 0 bridgehead atoms. The summed E-state index contributed by atoms with van der Waals surface area (Å²) in [5.41, 5.74) is 1.47. The van der Waals surface area contributed by atoms with Gasteiger partial charge in [-0.15, -0.1) is 0 Å². The van der Waals surface area contributed by atoms with Crippen LogP contribution in [0, 0.1) is 3.57 Å². The van der Waals surface area contributed by atoms with Crippen LogP contribution >= 0.6 is 22.6 Å². The van der Waals surface area contributed by atoms with Crippen molar-refractivity contribution >= 4 is 28.9 Å². The third-order valence-corrected chi connectivity index (χ3v) is 2.52. The molecule has 0 atom stereocenters. The van der Waals surface area contributed by atoms with Crippen LogP contribution in [0.3, 0.4) is 0 Å². The number of hydrogen-bond donors (Lipinski definition) is 0. The summed E-state index contributed by atoms with van der Waals surface area (Å²) in [6.45, 7) is 0. The molecule has 1 aromatic carbocycles. The summed E-state index contributed by atoms with van der Waals surface area (Å²) in [4.78, 5) is 10.7. The zero-order valence-electron chi connectivity index (χ0n) is 7.22. The van der Waals surface area contributed by atoms with E-state index >= 15 is 0 Å². The Morgan fingerprint density at radius 1 is 1.36 bits per heavy atom. The highest BCUT2D eigenvalue weighted by molar-refractivity contribution is 14.1. The van der Waals surface area contributed by atoms with Crippen molar-refractivity contribution in [1.29, 1.82) is 0 Å². The first-order valence-corrected chi connectivity index (χ1v) is 5.14. The van der Waals surface area contributed by atoms with Crippen molar-refractivity contribution in [2.45, 2.75) is 0 Å². The highest BCUT2D eigenvalue weighted by atomic mass is 127. The van der Waals surface area contributed by atoms with Gasteiger partial charge >= 0.3 is 0 Å². The van der Waals surface area contributed by atoms with Crippen molar-refractivity contribution in [1.82, 2.24) is 9.78 Å². The molecule has 0 saturated carbocycles. The molecular formula is C10H7IN2O. The van der Waals surface area contributed by atoms with E-state index in [1.54, 1.807) is 16.9 Å². The summed E-state index contributed by atoms with van der Waals surface area (Å²) < 4.78 is 2.74. The fourth-order valence-electron chi connectivity index (χ4n) is 1.23. The SMILES string of the molecule is O=Cc1ccnn1-c1cccc(I)c1. The normalized spacial score (nSPS) is 10.1. The van der Waals surface area contributed by atoms with Gasteiger partial charge in [0, 0.05) is 3.57 Å². The van der Waals surface area contributed by atoms with Gasteiger partial charge in [-0.1, -0.05) is 6.07 Å². The second-order valence-electron chi connectivity index (χ2n) is 2.77. The Kier molecular flexibility index (Phi) is 2.62. The lowest BCUT2D eigenvalue weighted by molar-refractivity contribution is 0.111. The molecule has 0 amide bonds.